The van der Waals surface area contributed by atoms with Crippen LogP contribution < -0.4 is 20.5 Å². The zero-order chi connectivity index (χ0) is 12.8. The van der Waals surface area contributed by atoms with Crippen LogP contribution >= 0.6 is 0 Å². The Hall–Kier alpha value is -1.26. The molecular formula is C14H22N2O2. The lowest BCUT2D eigenvalue weighted by molar-refractivity contribution is 0.297. The van der Waals surface area contributed by atoms with Gasteiger partial charge in [-0.1, -0.05) is 6.07 Å². The SMILES string of the molecule is CC(N)CCNCc1ccc2c(c1)OCCCO2. The van der Waals surface area contributed by atoms with E-state index in [9.17, 15) is 0 Å². The normalized spacial score (nSPS) is 16.1. The van der Waals surface area contributed by atoms with Crippen LogP contribution in [0.2, 0.25) is 0 Å². The minimum atomic E-state index is 0.251. The summed E-state index contributed by atoms with van der Waals surface area (Å²) in [5.41, 5.74) is 6.92. The van der Waals surface area contributed by atoms with Crippen LogP contribution in [0.4, 0.5) is 0 Å². The predicted molar refractivity (Wildman–Crippen MR) is 72.0 cm³/mol. The second-order valence-corrected chi connectivity index (χ2v) is 4.77. The summed E-state index contributed by atoms with van der Waals surface area (Å²) in [4.78, 5) is 0. The van der Waals surface area contributed by atoms with Gasteiger partial charge in [-0.2, -0.15) is 0 Å². The smallest absolute Gasteiger partial charge is 0.161 e. The van der Waals surface area contributed by atoms with Crippen LogP contribution in [0.5, 0.6) is 11.5 Å². The molecule has 1 aliphatic rings. The van der Waals surface area contributed by atoms with Crippen LogP contribution in [0, 0.1) is 0 Å². The number of nitrogens with one attached hydrogen (secondary N) is 1. The quantitative estimate of drug-likeness (QED) is 0.781. The highest BCUT2D eigenvalue weighted by Crippen LogP contribution is 2.30. The minimum absolute atomic E-state index is 0.251. The Kier molecular flexibility index (Phi) is 4.84. The van der Waals surface area contributed by atoms with Gasteiger partial charge in [-0.25, -0.2) is 0 Å². The molecule has 0 amide bonds. The molecule has 0 fully saturated rings. The van der Waals surface area contributed by atoms with Crippen molar-refractivity contribution in [3.05, 3.63) is 23.8 Å². The van der Waals surface area contributed by atoms with Crippen LogP contribution in [-0.2, 0) is 6.54 Å². The van der Waals surface area contributed by atoms with E-state index in [4.69, 9.17) is 15.2 Å². The fraction of sp³-hybridized carbons (Fsp3) is 0.571. The molecule has 4 nitrogen and oxygen atoms in total. The number of hydrogen-bond donors (Lipinski definition) is 2. The number of benzene rings is 1. The average molecular weight is 250 g/mol. The second-order valence-electron chi connectivity index (χ2n) is 4.77. The summed E-state index contributed by atoms with van der Waals surface area (Å²) >= 11 is 0. The van der Waals surface area contributed by atoms with Crippen LogP contribution in [0.15, 0.2) is 18.2 Å². The topological polar surface area (TPSA) is 56.5 Å². The second kappa shape index (κ2) is 6.61. The van der Waals surface area contributed by atoms with E-state index in [0.717, 1.165) is 50.6 Å². The van der Waals surface area contributed by atoms with Crippen molar-refractivity contribution in [2.75, 3.05) is 19.8 Å². The van der Waals surface area contributed by atoms with Crippen LogP contribution in [0.1, 0.15) is 25.3 Å². The molecule has 0 radical (unpaired) electrons. The molecule has 1 unspecified atom stereocenters. The van der Waals surface area contributed by atoms with Crippen molar-refractivity contribution in [3.63, 3.8) is 0 Å². The zero-order valence-electron chi connectivity index (χ0n) is 10.9. The molecule has 18 heavy (non-hydrogen) atoms. The highest BCUT2D eigenvalue weighted by Gasteiger charge is 2.10. The van der Waals surface area contributed by atoms with Crippen molar-refractivity contribution in [1.29, 1.82) is 0 Å². The molecule has 0 saturated carbocycles. The van der Waals surface area contributed by atoms with E-state index < -0.39 is 0 Å². The van der Waals surface area contributed by atoms with Gasteiger partial charge in [0.05, 0.1) is 13.2 Å². The maximum atomic E-state index is 5.70. The van der Waals surface area contributed by atoms with Gasteiger partial charge in [-0.3, -0.25) is 0 Å². The van der Waals surface area contributed by atoms with E-state index in [0.29, 0.717) is 0 Å². The van der Waals surface area contributed by atoms with Crippen molar-refractivity contribution in [2.24, 2.45) is 5.73 Å². The number of rotatable bonds is 5. The summed E-state index contributed by atoms with van der Waals surface area (Å²) in [5, 5.41) is 3.38. The standard InChI is InChI=1S/C14H22N2O2/c1-11(15)5-6-16-10-12-3-4-13-14(9-12)18-8-2-7-17-13/h3-4,9,11,16H,2,5-8,10,15H2,1H3. The Morgan fingerprint density at radius 1 is 1.28 bits per heavy atom. The van der Waals surface area contributed by atoms with E-state index in [-0.39, 0.29) is 6.04 Å². The molecule has 0 aromatic heterocycles. The van der Waals surface area contributed by atoms with Crippen molar-refractivity contribution < 1.29 is 9.47 Å². The lowest BCUT2D eigenvalue weighted by Gasteiger charge is -2.10. The Bertz CT molecular complexity index is 380. The molecule has 1 heterocycles. The van der Waals surface area contributed by atoms with Crippen molar-refractivity contribution in [3.8, 4) is 11.5 Å². The average Bonchev–Trinajstić information content (AvgIpc) is 2.59. The van der Waals surface area contributed by atoms with Gasteiger partial charge in [0.2, 0.25) is 0 Å². The third-order valence-corrected chi connectivity index (χ3v) is 2.92. The maximum absolute atomic E-state index is 5.70. The molecule has 0 saturated heterocycles. The molecule has 4 heteroatoms. The van der Waals surface area contributed by atoms with E-state index in [1.807, 2.05) is 13.0 Å². The summed E-state index contributed by atoms with van der Waals surface area (Å²) < 4.78 is 11.3. The van der Waals surface area contributed by atoms with E-state index in [1.54, 1.807) is 0 Å². The first kappa shape index (κ1) is 13.2. The molecule has 0 bridgehead atoms. The van der Waals surface area contributed by atoms with Crippen molar-refractivity contribution >= 4 is 0 Å². The van der Waals surface area contributed by atoms with Gasteiger partial charge in [0.25, 0.3) is 0 Å². The molecule has 1 aromatic carbocycles. The summed E-state index contributed by atoms with van der Waals surface area (Å²) in [7, 11) is 0. The lowest BCUT2D eigenvalue weighted by Crippen LogP contribution is -2.23. The van der Waals surface area contributed by atoms with Gasteiger partial charge in [0.1, 0.15) is 0 Å². The Balaban J connectivity index is 1.88. The number of ether oxygens (including phenoxy) is 2. The Labute approximate surface area is 108 Å². The molecule has 1 atom stereocenters. The molecule has 1 aliphatic heterocycles. The van der Waals surface area contributed by atoms with Gasteiger partial charge in [-0.05, 0) is 37.6 Å². The molecular weight excluding hydrogens is 228 g/mol. The summed E-state index contributed by atoms with van der Waals surface area (Å²) in [6.07, 6.45) is 1.93. The first-order chi connectivity index (χ1) is 8.75. The minimum Gasteiger partial charge on any atom is -0.490 e. The predicted octanol–water partition coefficient (Wildman–Crippen LogP) is 1.67. The highest BCUT2D eigenvalue weighted by molar-refractivity contribution is 5.43. The molecule has 0 spiro atoms. The summed E-state index contributed by atoms with van der Waals surface area (Å²) in [6.45, 7) is 5.26. The maximum Gasteiger partial charge on any atom is 0.161 e. The third kappa shape index (κ3) is 3.89. The van der Waals surface area contributed by atoms with Gasteiger partial charge in [0, 0.05) is 19.0 Å². The monoisotopic (exact) mass is 250 g/mol. The van der Waals surface area contributed by atoms with Crippen LogP contribution in [0.25, 0.3) is 0 Å². The number of hydrogen-bond acceptors (Lipinski definition) is 4. The van der Waals surface area contributed by atoms with Gasteiger partial charge in [0.15, 0.2) is 11.5 Å². The molecule has 0 aliphatic carbocycles. The van der Waals surface area contributed by atoms with E-state index >= 15 is 0 Å². The van der Waals surface area contributed by atoms with Gasteiger partial charge in [-0.15, -0.1) is 0 Å². The third-order valence-electron chi connectivity index (χ3n) is 2.92. The van der Waals surface area contributed by atoms with Gasteiger partial charge >= 0.3 is 0 Å². The first-order valence-electron chi connectivity index (χ1n) is 6.60. The lowest BCUT2D eigenvalue weighted by atomic mass is 10.2. The van der Waals surface area contributed by atoms with Crippen LogP contribution in [0.3, 0.4) is 0 Å². The van der Waals surface area contributed by atoms with Crippen molar-refractivity contribution in [1.82, 2.24) is 5.32 Å². The highest BCUT2D eigenvalue weighted by atomic mass is 16.5. The molecule has 2 rings (SSSR count). The molecule has 1 aromatic rings. The van der Waals surface area contributed by atoms with E-state index in [1.165, 1.54) is 5.56 Å². The molecule has 3 N–H and O–H groups in total. The largest absolute Gasteiger partial charge is 0.490 e. The van der Waals surface area contributed by atoms with Crippen LogP contribution in [-0.4, -0.2) is 25.8 Å². The summed E-state index contributed by atoms with van der Waals surface area (Å²) in [5.74, 6) is 1.71. The number of fused-ring (bicyclic) bond motifs is 1. The Morgan fingerprint density at radius 3 is 2.83 bits per heavy atom. The fourth-order valence-corrected chi connectivity index (χ4v) is 1.88. The first-order valence-corrected chi connectivity index (χ1v) is 6.60. The zero-order valence-corrected chi connectivity index (χ0v) is 10.9. The fourth-order valence-electron chi connectivity index (χ4n) is 1.88. The van der Waals surface area contributed by atoms with Crippen molar-refractivity contribution in [2.45, 2.75) is 32.4 Å². The number of nitrogens with two attached hydrogens (primary N) is 1. The molecule has 100 valence electrons. The van der Waals surface area contributed by atoms with Gasteiger partial charge < -0.3 is 20.5 Å². The Morgan fingerprint density at radius 2 is 2.06 bits per heavy atom. The summed E-state index contributed by atoms with van der Waals surface area (Å²) in [6, 6.07) is 6.37. The van der Waals surface area contributed by atoms with E-state index in [2.05, 4.69) is 17.4 Å².